The SMILES string of the molecule is COc1cccc(-c2cc(N)nc(C(F)(F)F)n2)c1. The first-order chi connectivity index (χ1) is 8.90. The van der Waals surface area contributed by atoms with Gasteiger partial charge in [0.05, 0.1) is 12.8 Å². The summed E-state index contributed by atoms with van der Waals surface area (Å²) >= 11 is 0. The summed E-state index contributed by atoms with van der Waals surface area (Å²) in [5.74, 6) is -0.978. The first-order valence-electron chi connectivity index (χ1n) is 5.26. The fraction of sp³-hybridized carbons (Fsp3) is 0.167. The van der Waals surface area contributed by atoms with Crippen molar-refractivity contribution < 1.29 is 17.9 Å². The Morgan fingerprint density at radius 1 is 1.16 bits per heavy atom. The number of anilines is 1. The van der Waals surface area contributed by atoms with E-state index >= 15 is 0 Å². The van der Waals surface area contributed by atoms with Gasteiger partial charge in [-0.15, -0.1) is 0 Å². The Kier molecular flexibility index (Phi) is 3.28. The molecule has 0 amide bonds. The number of aromatic nitrogens is 2. The van der Waals surface area contributed by atoms with Gasteiger partial charge in [-0.05, 0) is 12.1 Å². The van der Waals surface area contributed by atoms with E-state index in [2.05, 4.69) is 9.97 Å². The monoisotopic (exact) mass is 269 g/mol. The molecule has 1 aromatic carbocycles. The van der Waals surface area contributed by atoms with Crippen molar-refractivity contribution in [2.75, 3.05) is 12.8 Å². The maximum absolute atomic E-state index is 12.6. The number of benzene rings is 1. The minimum absolute atomic E-state index is 0.0960. The molecule has 19 heavy (non-hydrogen) atoms. The number of nitrogens with zero attached hydrogens (tertiary/aromatic N) is 2. The quantitative estimate of drug-likeness (QED) is 0.910. The number of rotatable bonds is 2. The van der Waals surface area contributed by atoms with Gasteiger partial charge in [-0.25, -0.2) is 9.97 Å². The first kappa shape index (κ1) is 13.1. The van der Waals surface area contributed by atoms with Crippen molar-refractivity contribution >= 4 is 5.82 Å². The topological polar surface area (TPSA) is 61.0 Å². The zero-order valence-corrected chi connectivity index (χ0v) is 9.90. The van der Waals surface area contributed by atoms with Crippen LogP contribution < -0.4 is 10.5 Å². The van der Waals surface area contributed by atoms with Crippen LogP contribution in [0.2, 0.25) is 0 Å². The smallest absolute Gasteiger partial charge is 0.451 e. The molecule has 2 N–H and O–H groups in total. The van der Waals surface area contributed by atoms with E-state index in [0.29, 0.717) is 11.3 Å². The first-order valence-corrected chi connectivity index (χ1v) is 5.26. The molecule has 1 heterocycles. The minimum Gasteiger partial charge on any atom is -0.497 e. The zero-order valence-electron chi connectivity index (χ0n) is 9.90. The Morgan fingerprint density at radius 3 is 2.53 bits per heavy atom. The number of methoxy groups -OCH3 is 1. The van der Waals surface area contributed by atoms with Crippen LogP contribution in [0.3, 0.4) is 0 Å². The molecule has 0 radical (unpaired) electrons. The molecule has 0 aliphatic carbocycles. The average Bonchev–Trinajstić information content (AvgIpc) is 2.37. The summed E-state index contributed by atoms with van der Waals surface area (Å²) in [6, 6.07) is 7.80. The third-order valence-corrected chi connectivity index (χ3v) is 2.37. The summed E-state index contributed by atoms with van der Waals surface area (Å²) in [7, 11) is 1.47. The molecule has 100 valence electrons. The predicted molar refractivity (Wildman–Crippen MR) is 63.4 cm³/mol. The third kappa shape index (κ3) is 2.93. The number of hydrogen-bond donors (Lipinski definition) is 1. The normalized spacial score (nSPS) is 11.4. The Balaban J connectivity index is 2.53. The minimum atomic E-state index is -4.64. The molecule has 0 bridgehead atoms. The number of halogens is 3. The average molecular weight is 269 g/mol. The Bertz CT molecular complexity index is 599. The van der Waals surface area contributed by atoms with E-state index in [1.54, 1.807) is 24.3 Å². The molecule has 0 aliphatic heterocycles. The maximum Gasteiger partial charge on any atom is 0.451 e. The number of ether oxygens (including phenoxy) is 1. The zero-order chi connectivity index (χ0) is 14.0. The summed E-state index contributed by atoms with van der Waals surface area (Å²) < 4.78 is 42.8. The molecule has 0 saturated heterocycles. The van der Waals surface area contributed by atoms with E-state index in [-0.39, 0.29) is 11.5 Å². The lowest BCUT2D eigenvalue weighted by atomic mass is 10.1. The second-order valence-corrected chi connectivity index (χ2v) is 3.73. The van der Waals surface area contributed by atoms with Crippen LogP contribution in [0.4, 0.5) is 19.0 Å². The van der Waals surface area contributed by atoms with Crippen LogP contribution in [0, 0.1) is 0 Å². The van der Waals surface area contributed by atoms with Crippen LogP contribution in [0.15, 0.2) is 30.3 Å². The standard InChI is InChI=1S/C12H10F3N3O/c1-19-8-4-2-3-7(5-8)9-6-10(16)18-11(17-9)12(13,14)15/h2-6H,1H3,(H2,16,17,18). The van der Waals surface area contributed by atoms with Crippen molar-refractivity contribution in [3.05, 3.63) is 36.2 Å². The third-order valence-electron chi connectivity index (χ3n) is 2.37. The van der Waals surface area contributed by atoms with Crippen LogP contribution in [0.25, 0.3) is 11.3 Å². The van der Waals surface area contributed by atoms with E-state index in [9.17, 15) is 13.2 Å². The molecular formula is C12H10F3N3O. The maximum atomic E-state index is 12.6. The van der Waals surface area contributed by atoms with Crippen LogP contribution in [0.1, 0.15) is 5.82 Å². The van der Waals surface area contributed by atoms with E-state index < -0.39 is 12.0 Å². The highest BCUT2D eigenvalue weighted by Crippen LogP contribution is 2.30. The van der Waals surface area contributed by atoms with Gasteiger partial charge >= 0.3 is 6.18 Å². The molecule has 0 unspecified atom stereocenters. The lowest BCUT2D eigenvalue weighted by molar-refractivity contribution is -0.144. The summed E-state index contributed by atoms with van der Waals surface area (Å²) in [5.41, 5.74) is 5.95. The molecule has 0 saturated carbocycles. The van der Waals surface area contributed by atoms with Gasteiger partial charge in [0.2, 0.25) is 5.82 Å². The van der Waals surface area contributed by atoms with Gasteiger partial charge in [-0.3, -0.25) is 0 Å². The molecule has 1 aromatic heterocycles. The van der Waals surface area contributed by atoms with E-state index in [1.165, 1.54) is 13.2 Å². The highest BCUT2D eigenvalue weighted by molar-refractivity contribution is 5.63. The van der Waals surface area contributed by atoms with Gasteiger partial charge in [0.15, 0.2) is 0 Å². The molecule has 0 aliphatic rings. The van der Waals surface area contributed by atoms with E-state index in [1.807, 2.05) is 0 Å². The van der Waals surface area contributed by atoms with Gasteiger partial charge in [0, 0.05) is 11.6 Å². The number of nitrogen functional groups attached to an aromatic ring is 1. The lowest BCUT2D eigenvalue weighted by Gasteiger charge is -2.09. The summed E-state index contributed by atoms with van der Waals surface area (Å²) in [5, 5.41) is 0. The second-order valence-electron chi connectivity index (χ2n) is 3.73. The molecular weight excluding hydrogens is 259 g/mol. The van der Waals surface area contributed by atoms with Gasteiger partial charge in [0.1, 0.15) is 11.6 Å². The van der Waals surface area contributed by atoms with Crippen LogP contribution in [-0.4, -0.2) is 17.1 Å². The summed E-state index contributed by atoms with van der Waals surface area (Å²) in [6.07, 6.45) is -4.64. The second kappa shape index (κ2) is 4.75. The van der Waals surface area contributed by atoms with Crippen molar-refractivity contribution in [1.29, 1.82) is 0 Å². The van der Waals surface area contributed by atoms with E-state index in [4.69, 9.17) is 10.5 Å². The highest BCUT2D eigenvalue weighted by atomic mass is 19.4. The number of hydrogen-bond acceptors (Lipinski definition) is 4. The fourth-order valence-electron chi connectivity index (χ4n) is 1.52. The predicted octanol–water partition coefficient (Wildman–Crippen LogP) is 2.75. The molecule has 0 fully saturated rings. The molecule has 4 nitrogen and oxygen atoms in total. The van der Waals surface area contributed by atoms with Gasteiger partial charge in [-0.1, -0.05) is 12.1 Å². The molecule has 7 heteroatoms. The van der Waals surface area contributed by atoms with Gasteiger partial charge in [0.25, 0.3) is 0 Å². The number of alkyl halides is 3. The lowest BCUT2D eigenvalue weighted by Crippen LogP contribution is -2.13. The Hall–Kier alpha value is -2.31. The van der Waals surface area contributed by atoms with Crippen molar-refractivity contribution in [3.63, 3.8) is 0 Å². The van der Waals surface area contributed by atoms with Gasteiger partial charge < -0.3 is 10.5 Å². The molecule has 0 spiro atoms. The van der Waals surface area contributed by atoms with Crippen LogP contribution in [-0.2, 0) is 6.18 Å². The van der Waals surface area contributed by atoms with Crippen LogP contribution in [0.5, 0.6) is 5.75 Å². The van der Waals surface area contributed by atoms with Gasteiger partial charge in [-0.2, -0.15) is 13.2 Å². The summed E-state index contributed by atoms with van der Waals surface area (Å²) in [6.45, 7) is 0. The molecule has 2 aromatic rings. The largest absolute Gasteiger partial charge is 0.497 e. The van der Waals surface area contributed by atoms with Crippen molar-refractivity contribution in [2.45, 2.75) is 6.18 Å². The molecule has 2 rings (SSSR count). The number of nitrogens with two attached hydrogens (primary N) is 1. The van der Waals surface area contributed by atoms with Crippen LogP contribution >= 0.6 is 0 Å². The highest BCUT2D eigenvalue weighted by Gasteiger charge is 2.35. The van der Waals surface area contributed by atoms with Crippen molar-refractivity contribution in [3.8, 4) is 17.0 Å². The van der Waals surface area contributed by atoms with E-state index in [0.717, 1.165) is 0 Å². The Labute approximate surface area is 107 Å². The molecule has 0 atom stereocenters. The summed E-state index contributed by atoms with van der Waals surface area (Å²) in [4.78, 5) is 6.66. The van der Waals surface area contributed by atoms with Crippen molar-refractivity contribution in [2.24, 2.45) is 0 Å². The fourth-order valence-corrected chi connectivity index (χ4v) is 1.52. The Morgan fingerprint density at radius 2 is 1.89 bits per heavy atom. The van der Waals surface area contributed by atoms with Crippen molar-refractivity contribution in [1.82, 2.24) is 9.97 Å².